The minimum Gasteiger partial charge on any atom is -0.444 e. The lowest BCUT2D eigenvalue weighted by Gasteiger charge is -2.19. The second-order valence-corrected chi connectivity index (χ2v) is 16.0. The van der Waals surface area contributed by atoms with Crippen LogP contribution in [0.25, 0.3) is 33.1 Å². The van der Waals surface area contributed by atoms with E-state index in [4.69, 9.17) is 4.74 Å². The Morgan fingerprint density at radius 1 is 0.926 bits per heavy atom. The molecule has 0 fully saturated rings. The Labute approximate surface area is 312 Å². The summed E-state index contributed by atoms with van der Waals surface area (Å²) in [6.07, 6.45) is 0.546. The Balaban J connectivity index is 1.55. The minimum absolute atomic E-state index is 0.0219. The normalized spacial score (nSPS) is 12.5. The fourth-order valence-corrected chi connectivity index (χ4v) is 7.17. The number of nitrogens with zero attached hydrogens (tertiary/aromatic N) is 4. The third kappa shape index (κ3) is 8.41. The summed E-state index contributed by atoms with van der Waals surface area (Å²) in [5.74, 6) is -1.03. The molecule has 2 aromatic heterocycles. The van der Waals surface area contributed by atoms with Gasteiger partial charge < -0.3 is 30.2 Å². The molecular formula is C38H45FN6O8S. The van der Waals surface area contributed by atoms with Gasteiger partial charge in [0.1, 0.15) is 11.4 Å². The van der Waals surface area contributed by atoms with E-state index in [1.165, 1.54) is 41.4 Å². The van der Waals surface area contributed by atoms with E-state index in [1.54, 1.807) is 80.8 Å². The van der Waals surface area contributed by atoms with Crippen LogP contribution in [0.5, 0.6) is 0 Å². The van der Waals surface area contributed by atoms with E-state index < -0.39 is 39.1 Å². The van der Waals surface area contributed by atoms with E-state index in [0.29, 0.717) is 44.4 Å². The van der Waals surface area contributed by atoms with Gasteiger partial charge in [-0.15, -0.1) is 0 Å². The molecule has 54 heavy (non-hydrogen) atoms. The standard InChI is InChI=1S/C38H45FN6O8S/c1-24-34(25-8-7-9-29(20-25)54(51,52)42(5)6)30-21-26(10-12-31(30)45(24)23-27(39)14-15-40-36(49)53-38(2,3)4)35(48)41-28-11-13-32-33(22-28)44(17-19-47)37(50)43(32)16-18-46/h7-14,20-22,46-47H,15-19,23H2,1-6H3,(H,40,49)(H,41,48)/b27-14-. The van der Waals surface area contributed by atoms with Crippen molar-refractivity contribution in [1.29, 1.82) is 0 Å². The number of amides is 2. The van der Waals surface area contributed by atoms with Gasteiger partial charge in [0.15, 0.2) is 0 Å². The highest BCUT2D eigenvalue weighted by Crippen LogP contribution is 2.37. The van der Waals surface area contributed by atoms with Crippen LogP contribution in [-0.2, 0) is 34.4 Å². The molecule has 0 aliphatic heterocycles. The molecule has 0 saturated carbocycles. The number of allylic oxidation sites excluding steroid dienone is 1. The second kappa shape index (κ2) is 16.0. The number of sulfonamides is 1. The predicted octanol–water partition coefficient (Wildman–Crippen LogP) is 4.60. The Kier molecular flexibility index (Phi) is 11.8. The van der Waals surface area contributed by atoms with Gasteiger partial charge in [-0.05, 0) is 87.9 Å². The van der Waals surface area contributed by atoms with Crippen molar-refractivity contribution in [3.8, 4) is 11.1 Å². The summed E-state index contributed by atoms with van der Waals surface area (Å²) in [5, 5.41) is 25.0. The fraction of sp³-hybridized carbons (Fsp3) is 0.342. The van der Waals surface area contributed by atoms with Crippen LogP contribution in [0, 0.1) is 6.92 Å². The van der Waals surface area contributed by atoms with Gasteiger partial charge in [0.05, 0.1) is 48.8 Å². The number of aromatic nitrogens is 3. The number of ether oxygens (including phenoxy) is 1. The van der Waals surface area contributed by atoms with Crippen molar-refractivity contribution in [2.75, 3.05) is 39.2 Å². The largest absolute Gasteiger partial charge is 0.444 e. The molecule has 288 valence electrons. The van der Waals surface area contributed by atoms with Crippen LogP contribution in [0.15, 0.2) is 82.3 Å². The first-order valence-electron chi connectivity index (χ1n) is 17.2. The van der Waals surface area contributed by atoms with Gasteiger partial charge in [-0.3, -0.25) is 13.9 Å². The van der Waals surface area contributed by atoms with Crippen molar-refractivity contribution in [3.05, 3.63) is 94.3 Å². The maximum Gasteiger partial charge on any atom is 0.407 e. The first-order valence-corrected chi connectivity index (χ1v) is 18.6. The number of nitrogens with one attached hydrogen (secondary N) is 2. The number of hydrogen-bond donors (Lipinski definition) is 4. The average molecular weight is 765 g/mol. The Bertz CT molecular complexity index is 2420. The number of imidazole rings is 1. The van der Waals surface area contributed by atoms with Crippen molar-refractivity contribution < 1.29 is 37.3 Å². The number of benzene rings is 3. The molecule has 0 saturated heterocycles. The van der Waals surface area contributed by atoms with Crippen molar-refractivity contribution in [1.82, 2.24) is 23.3 Å². The van der Waals surface area contributed by atoms with Crippen LogP contribution in [-0.4, -0.2) is 88.1 Å². The van der Waals surface area contributed by atoms with E-state index >= 15 is 4.39 Å². The molecule has 4 N–H and O–H groups in total. The Morgan fingerprint density at radius 3 is 2.24 bits per heavy atom. The summed E-state index contributed by atoms with van der Waals surface area (Å²) >= 11 is 0. The first kappa shape index (κ1) is 39.9. The van der Waals surface area contributed by atoms with E-state index in [-0.39, 0.29) is 49.9 Å². The van der Waals surface area contributed by atoms with Crippen molar-refractivity contribution >= 4 is 49.6 Å². The smallest absolute Gasteiger partial charge is 0.407 e. The molecule has 0 unspecified atom stereocenters. The molecule has 14 nitrogen and oxygen atoms in total. The zero-order valence-corrected chi connectivity index (χ0v) is 31.8. The van der Waals surface area contributed by atoms with Crippen LogP contribution < -0.4 is 16.3 Å². The maximum atomic E-state index is 15.5. The summed E-state index contributed by atoms with van der Waals surface area (Å²) in [4.78, 5) is 38.8. The van der Waals surface area contributed by atoms with Crippen LogP contribution in [0.3, 0.4) is 0 Å². The number of aliphatic hydroxyl groups excluding tert-OH is 2. The first-order chi connectivity index (χ1) is 25.5. The van der Waals surface area contributed by atoms with Crippen molar-refractivity contribution in [2.45, 2.75) is 57.8 Å². The van der Waals surface area contributed by atoms with Gasteiger partial charge in [-0.25, -0.2) is 26.7 Å². The molecule has 0 spiro atoms. The number of carbonyl (C=O) groups excluding carboxylic acids is 2. The molecule has 5 rings (SSSR count). The lowest BCUT2D eigenvalue weighted by Crippen LogP contribution is -2.32. The van der Waals surface area contributed by atoms with E-state index in [0.717, 1.165) is 4.31 Å². The van der Waals surface area contributed by atoms with Crippen LogP contribution in [0.4, 0.5) is 14.9 Å². The molecule has 2 heterocycles. The molecule has 5 aromatic rings. The number of fused-ring (bicyclic) bond motifs is 2. The van der Waals surface area contributed by atoms with Crippen LogP contribution in [0.1, 0.15) is 36.8 Å². The SMILES string of the molecule is Cc1c(-c2cccc(S(=O)(=O)N(C)C)c2)c2cc(C(=O)Nc3ccc4c(c3)n(CCO)c(=O)n4CCO)ccc2n1C/C(F)=C/CNC(=O)OC(C)(C)C. The Hall–Kier alpha value is -5.29. The summed E-state index contributed by atoms with van der Waals surface area (Å²) in [6.45, 7) is 6.14. The highest BCUT2D eigenvalue weighted by molar-refractivity contribution is 7.89. The zero-order chi connectivity index (χ0) is 39.5. The Morgan fingerprint density at radius 2 is 1.59 bits per heavy atom. The number of hydrogen-bond acceptors (Lipinski definition) is 8. The maximum absolute atomic E-state index is 15.5. The molecule has 3 aromatic carbocycles. The monoisotopic (exact) mass is 764 g/mol. The molecule has 0 aliphatic carbocycles. The third-order valence-electron chi connectivity index (χ3n) is 8.69. The summed E-state index contributed by atoms with van der Waals surface area (Å²) < 4.78 is 52.4. The zero-order valence-electron chi connectivity index (χ0n) is 31.0. The molecule has 16 heteroatoms. The lowest BCUT2D eigenvalue weighted by molar-refractivity contribution is 0.0533. The fourth-order valence-electron chi connectivity index (χ4n) is 6.22. The number of carbonyl (C=O) groups is 2. The summed E-state index contributed by atoms with van der Waals surface area (Å²) in [7, 11) is -0.928. The van der Waals surface area contributed by atoms with E-state index in [9.17, 15) is 33.0 Å². The molecule has 0 atom stereocenters. The number of alkyl carbamates (subject to hydrolysis) is 1. The summed E-state index contributed by atoms with van der Waals surface area (Å²) in [6, 6.07) is 16.2. The summed E-state index contributed by atoms with van der Waals surface area (Å²) in [5.41, 5.74) is 2.82. The van der Waals surface area contributed by atoms with E-state index in [1.807, 2.05) is 0 Å². The van der Waals surface area contributed by atoms with Crippen molar-refractivity contribution in [3.63, 3.8) is 0 Å². The van der Waals surface area contributed by atoms with Crippen LogP contribution >= 0.6 is 0 Å². The average Bonchev–Trinajstić information content (AvgIpc) is 3.52. The van der Waals surface area contributed by atoms with Gasteiger partial charge in [0.25, 0.3) is 5.91 Å². The molecule has 0 aliphatic rings. The molecule has 0 bridgehead atoms. The van der Waals surface area contributed by atoms with Gasteiger partial charge in [-0.2, -0.15) is 0 Å². The number of aliphatic hydroxyl groups is 2. The number of anilines is 1. The van der Waals surface area contributed by atoms with Gasteiger partial charge in [0.2, 0.25) is 10.0 Å². The molecule has 0 radical (unpaired) electrons. The second-order valence-electron chi connectivity index (χ2n) is 13.8. The highest BCUT2D eigenvalue weighted by atomic mass is 32.2. The third-order valence-corrected chi connectivity index (χ3v) is 10.5. The topological polar surface area (TPSA) is 177 Å². The van der Waals surface area contributed by atoms with Gasteiger partial charge in [-0.1, -0.05) is 12.1 Å². The molecular weight excluding hydrogens is 720 g/mol. The number of rotatable bonds is 13. The van der Waals surface area contributed by atoms with Gasteiger partial charge in [0, 0.05) is 54.1 Å². The molecule has 2 amide bonds. The van der Waals surface area contributed by atoms with E-state index in [2.05, 4.69) is 10.6 Å². The predicted molar refractivity (Wildman–Crippen MR) is 205 cm³/mol. The quantitative estimate of drug-likeness (QED) is 0.135. The highest BCUT2D eigenvalue weighted by Gasteiger charge is 2.23. The lowest BCUT2D eigenvalue weighted by atomic mass is 10.0. The van der Waals surface area contributed by atoms with Crippen molar-refractivity contribution in [2.24, 2.45) is 0 Å². The van der Waals surface area contributed by atoms with Crippen LogP contribution in [0.2, 0.25) is 0 Å². The van der Waals surface area contributed by atoms with Gasteiger partial charge >= 0.3 is 11.8 Å². The minimum atomic E-state index is -3.80. The number of halogens is 1.